The molecule has 5 nitrogen and oxygen atoms in total. The van der Waals surface area contributed by atoms with E-state index in [2.05, 4.69) is 5.32 Å². The van der Waals surface area contributed by atoms with Crippen molar-refractivity contribution >= 4 is 17.6 Å². The number of aliphatic carboxylic acids is 1. The number of halogens is 1. The van der Waals surface area contributed by atoms with Gasteiger partial charge in [-0.05, 0) is 25.0 Å². The second-order valence-electron chi connectivity index (χ2n) is 4.83. The SMILES string of the molecule is COc1cc(NC(=O)[C@@H]2CC=CC[C@@H]2C(=O)O)ccc1F. The van der Waals surface area contributed by atoms with E-state index in [1.807, 2.05) is 0 Å². The Hall–Kier alpha value is -2.37. The first-order valence-electron chi connectivity index (χ1n) is 6.55. The van der Waals surface area contributed by atoms with E-state index in [-0.39, 0.29) is 11.7 Å². The number of allylic oxidation sites excluding steroid dienone is 2. The van der Waals surface area contributed by atoms with Gasteiger partial charge in [-0.3, -0.25) is 9.59 Å². The molecule has 1 aromatic carbocycles. The zero-order valence-electron chi connectivity index (χ0n) is 11.5. The maximum Gasteiger partial charge on any atom is 0.307 e. The van der Waals surface area contributed by atoms with E-state index in [0.29, 0.717) is 18.5 Å². The number of carbonyl (C=O) groups is 2. The maximum atomic E-state index is 13.3. The third kappa shape index (κ3) is 3.39. The predicted molar refractivity (Wildman–Crippen MR) is 74.6 cm³/mol. The highest BCUT2D eigenvalue weighted by atomic mass is 19.1. The van der Waals surface area contributed by atoms with Crippen LogP contribution in [0.15, 0.2) is 30.4 Å². The number of methoxy groups -OCH3 is 1. The molecule has 2 atom stereocenters. The average Bonchev–Trinajstić information content (AvgIpc) is 2.49. The number of benzene rings is 1. The van der Waals surface area contributed by atoms with Crippen LogP contribution in [0.4, 0.5) is 10.1 Å². The number of rotatable bonds is 4. The molecule has 0 radical (unpaired) electrons. The maximum absolute atomic E-state index is 13.3. The number of carboxylic acid groups (broad SMARTS) is 1. The Morgan fingerprint density at radius 3 is 2.57 bits per heavy atom. The van der Waals surface area contributed by atoms with Gasteiger partial charge in [0.05, 0.1) is 18.9 Å². The standard InChI is InChI=1S/C15H16FNO4/c1-21-13-8-9(6-7-12(13)16)17-14(18)10-4-2-3-5-11(10)15(19)20/h2-3,6-8,10-11H,4-5H2,1H3,(H,17,18)(H,19,20)/t10-,11+/m1/s1. The van der Waals surface area contributed by atoms with Gasteiger partial charge >= 0.3 is 5.97 Å². The van der Waals surface area contributed by atoms with Crippen LogP contribution in [0.25, 0.3) is 0 Å². The van der Waals surface area contributed by atoms with Crippen molar-refractivity contribution in [1.82, 2.24) is 0 Å². The van der Waals surface area contributed by atoms with E-state index in [4.69, 9.17) is 9.84 Å². The molecule has 2 rings (SSSR count). The van der Waals surface area contributed by atoms with Crippen molar-refractivity contribution in [3.05, 3.63) is 36.2 Å². The van der Waals surface area contributed by atoms with Gasteiger partial charge < -0.3 is 15.2 Å². The summed E-state index contributed by atoms with van der Waals surface area (Å²) in [6.07, 6.45) is 4.28. The van der Waals surface area contributed by atoms with Crippen LogP contribution in [0.3, 0.4) is 0 Å². The van der Waals surface area contributed by atoms with Gasteiger partial charge in [0.15, 0.2) is 11.6 Å². The number of carbonyl (C=O) groups excluding carboxylic acids is 1. The average molecular weight is 293 g/mol. The van der Waals surface area contributed by atoms with Gasteiger partial charge in [-0.15, -0.1) is 0 Å². The molecular formula is C15H16FNO4. The van der Waals surface area contributed by atoms with Crippen LogP contribution in [0.5, 0.6) is 5.75 Å². The molecule has 6 heteroatoms. The van der Waals surface area contributed by atoms with Crippen molar-refractivity contribution in [2.45, 2.75) is 12.8 Å². The summed E-state index contributed by atoms with van der Waals surface area (Å²) >= 11 is 0. The van der Waals surface area contributed by atoms with Gasteiger partial charge in [-0.25, -0.2) is 4.39 Å². The molecule has 1 aliphatic rings. The molecule has 1 aromatic rings. The summed E-state index contributed by atoms with van der Waals surface area (Å²) in [5.74, 6) is -3.26. The highest BCUT2D eigenvalue weighted by Crippen LogP contribution is 2.28. The molecule has 1 aliphatic carbocycles. The highest BCUT2D eigenvalue weighted by molar-refractivity contribution is 5.95. The van der Waals surface area contributed by atoms with E-state index in [0.717, 1.165) is 0 Å². The number of amides is 1. The minimum Gasteiger partial charge on any atom is -0.494 e. The van der Waals surface area contributed by atoms with Gasteiger partial charge in [-0.1, -0.05) is 12.2 Å². The van der Waals surface area contributed by atoms with Crippen LogP contribution in [-0.4, -0.2) is 24.1 Å². The fourth-order valence-electron chi connectivity index (χ4n) is 2.35. The molecule has 0 fully saturated rings. The molecule has 1 amide bonds. The summed E-state index contributed by atoms with van der Waals surface area (Å²) in [6, 6.07) is 3.95. The van der Waals surface area contributed by atoms with Crippen molar-refractivity contribution < 1.29 is 23.8 Å². The number of ether oxygens (including phenoxy) is 1. The lowest BCUT2D eigenvalue weighted by Gasteiger charge is -2.24. The zero-order chi connectivity index (χ0) is 15.4. The molecule has 2 N–H and O–H groups in total. The Morgan fingerprint density at radius 1 is 1.29 bits per heavy atom. The van der Waals surface area contributed by atoms with Gasteiger partial charge in [-0.2, -0.15) is 0 Å². The minimum absolute atomic E-state index is 0.0196. The fourth-order valence-corrected chi connectivity index (χ4v) is 2.35. The molecule has 0 unspecified atom stereocenters. The van der Waals surface area contributed by atoms with Crippen molar-refractivity contribution in [2.75, 3.05) is 12.4 Å². The summed E-state index contributed by atoms with van der Waals surface area (Å²) in [7, 11) is 1.33. The Bertz CT molecular complexity index is 585. The minimum atomic E-state index is -0.990. The largest absolute Gasteiger partial charge is 0.494 e. The summed E-state index contributed by atoms with van der Waals surface area (Å²) in [6.45, 7) is 0. The summed E-state index contributed by atoms with van der Waals surface area (Å²) in [5, 5.41) is 11.8. The highest BCUT2D eigenvalue weighted by Gasteiger charge is 2.33. The predicted octanol–water partition coefficient (Wildman–Crippen LogP) is 2.44. The van der Waals surface area contributed by atoms with Crippen molar-refractivity contribution in [1.29, 1.82) is 0 Å². The smallest absolute Gasteiger partial charge is 0.307 e. The van der Waals surface area contributed by atoms with Gasteiger partial charge in [0.25, 0.3) is 0 Å². The Kier molecular flexibility index (Phi) is 4.57. The molecule has 21 heavy (non-hydrogen) atoms. The van der Waals surface area contributed by atoms with Crippen LogP contribution >= 0.6 is 0 Å². The second-order valence-corrected chi connectivity index (χ2v) is 4.83. The van der Waals surface area contributed by atoms with E-state index < -0.39 is 23.6 Å². The van der Waals surface area contributed by atoms with Crippen molar-refractivity contribution in [2.24, 2.45) is 11.8 Å². The molecular weight excluding hydrogens is 277 g/mol. The van der Waals surface area contributed by atoms with Gasteiger partial charge in [0, 0.05) is 11.8 Å². The fraction of sp³-hybridized carbons (Fsp3) is 0.333. The van der Waals surface area contributed by atoms with Gasteiger partial charge in [0.2, 0.25) is 5.91 Å². The van der Waals surface area contributed by atoms with E-state index >= 15 is 0 Å². The molecule has 0 saturated heterocycles. The van der Waals surface area contributed by atoms with E-state index in [9.17, 15) is 14.0 Å². The first-order chi connectivity index (χ1) is 10.0. The Morgan fingerprint density at radius 2 is 1.95 bits per heavy atom. The number of nitrogens with one attached hydrogen (secondary N) is 1. The van der Waals surface area contributed by atoms with Crippen molar-refractivity contribution in [3.8, 4) is 5.75 Å². The molecule has 0 heterocycles. The number of carboxylic acids is 1. The van der Waals surface area contributed by atoms with Crippen LogP contribution in [0.1, 0.15) is 12.8 Å². The summed E-state index contributed by atoms with van der Waals surface area (Å²) in [4.78, 5) is 23.4. The molecule has 0 aliphatic heterocycles. The third-order valence-corrected chi connectivity index (χ3v) is 3.51. The topological polar surface area (TPSA) is 75.6 Å². The zero-order valence-corrected chi connectivity index (χ0v) is 11.5. The van der Waals surface area contributed by atoms with E-state index in [1.165, 1.54) is 25.3 Å². The lowest BCUT2D eigenvalue weighted by Crippen LogP contribution is -2.34. The molecule has 112 valence electrons. The lowest BCUT2D eigenvalue weighted by atomic mass is 9.82. The van der Waals surface area contributed by atoms with Crippen LogP contribution in [-0.2, 0) is 9.59 Å². The van der Waals surface area contributed by atoms with Crippen LogP contribution < -0.4 is 10.1 Å². The number of anilines is 1. The molecule has 0 bridgehead atoms. The number of hydrogen-bond acceptors (Lipinski definition) is 3. The van der Waals surface area contributed by atoms with Crippen molar-refractivity contribution in [3.63, 3.8) is 0 Å². The van der Waals surface area contributed by atoms with Gasteiger partial charge in [0.1, 0.15) is 0 Å². The summed E-state index contributed by atoms with van der Waals surface area (Å²) in [5.41, 5.74) is 0.372. The molecule has 0 spiro atoms. The Balaban J connectivity index is 2.13. The third-order valence-electron chi connectivity index (χ3n) is 3.51. The molecule has 0 aromatic heterocycles. The second kappa shape index (κ2) is 6.39. The van der Waals surface area contributed by atoms with E-state index in [1.54, 1.807) is 12.2 Å². The van der Waals surface area contributed by atoms with Crippen LogP contribution in [0.2, 0.25) is 0 Å². The molecule has 0 saturated carbocycles. The summed E-state index contributed by atoms with van der Waals surface area (Å²) < 4.78 is 18.1. The Labute approximate surface area is 121 Å². The first kappa shape index (κ1) is 15.0. The monoisotopic (exact) mass is 293 g/mol. The lowest BCUT2D eigenvalue weighted by molar-refractivity contribution is -0.146. The van der Waals surface area contributed by atoms with Crippen LogP contribution in [0, 0.1) is 17.7 Å². The number of hydrogen-bond donors (Lipinski definition) is 2. The quantitative estimate of drug-likeness (QED) is 0.836. The first-order valence-corrected chi connectivity index (χ1v) is 6.55. The normalized spacial score (nSPS) is 20.9.